The van der Waals surface area contributed by atoms with Crippen LogP contribution in [0.25, 0.3) is 11.3 Å². The number of nitriles is 1. The van der Waals surface area contributed by atoms with Gasteiger partial charge in [0.15, 0.2) is 6.19 Å². The number of nitrogens with zero attached hydrogens (tertiary/aromatic N) is 4. The van der Waals surface area contributed by atoms with E-state index in [1.54, 1.807) is 52.9 Å². The summed E-state index contributed by atoms with van der Waals surface area (Å²) in [6, 6.07) is 11.4. The molecule has 1 aromatic heterocycles. The van der Waals surface area contributed by atoms with E-state index in [1.807, 2.05) is 0 Å². The van der Waals surface area contributed by atoms with E-state index in [2.05, 4.69) is 11.3 Å². The second-order valence-corrected chi connectivity index (χ2v) is 7.72. The van der Waals surface area contributed by atoms with Crippen molar-refractivity contribution in [3.05, 3.63) is 59.4 Å². The van der Waals surface area contributed by atoms with E-state index in [4.69, 9.17) is 16.2 Å². The summed E-state index contributed by atoms with van der Waals surface area (Å²) in [4.78, 5) is 14.0. The first-order valence-electron chi connectivity index (χ1n) is 10.3. The number of carbonyl (C=O) groups excluding carboxylic acids is 1. The predicted molar refractivity (Wildman–Crippen MR) is 117 cm³/mol. The van der Waals surface area contributed by atoms with Crippen molar-refractivity contribution >= 4 is 11.7 Å². The molecule has 0 spiro atoms. The van der Waals surface area contributed by atoms with Crippen LogP contribution in [0.3, 0.4) is 0 Å². The van der Waals surface area contributed by atoms with Crippen LogP contribution in [0, 0.1) is 24.2 Å². The van der Waals surface area contributed by atoms with Crippen LogP contribution in [0.15, 0.2) is 42.5 Å². The van der Waals surface area contributed by atoms with Gasteiger partial charge in [0.2, 0.25) is 0 Å². The number of anilines is 1. The highest BCUT2D eigenvalue weighted by Gasteiger charge is 2.29. The number of ether oxygens (including phenoxy) is 1. The number of primary amides is 1. The molecular weight excluding hydrogens is 411 g/mol. The average Bonchev–Trinajstić information content (AvgIpc) is 3.14. The van der Waals surface area contributed by atoms with Crippen LogP contribution in [0.4, 0.5) is 10.2 Å². The highest BCUT2D eigenvalue weighted by atomic mass is 19.1. The first-order valence-corrected chi connectivity index (χ1v) is 10.3. The third-order valence-corrected chi connectivity index (χ3v) is 5.66. The molecule has 1 saturated heterocycles. The summed E-state index contributed by atoms with van der Waals surface area (Å²) in [5.74, 6) is -0.216. The first kappa shape index (κ1) is 21.2. The summed E-state index contributed by atoms with van der Waals surface area (Å²) in [5, 5.41) is 13.9. The molecule has 0 saturated carbocycles. The number of carbonyl (C=O) groups is 1. The van der Waals surface area contributed by atoms with E-state index in [9.17, 15) is 14.4 Å². The lowest BCUT2D eigenvalue weighted by atomic mass is 10.1. The fraction of sp³-hybridized carbons (Fsp3) is 0.261. The minimum Gasteiger partial charge on any atom is -0.456 e. The molecule has 8 nitrogen and oxygen atoms in total. The quantitative estimate of drug-likeness (QED) is 0.592. The lowest BCUT2D eigenvalue weighted by Crippen LogP contribution is -2.34. The molecule has 9 heteroatoms. The Bertz CT molecular complexity index is 1220. The summed E-state index contributed by atoms with van der Waals surface area (Å²) >= 11 is 0. The molecule has 1 aliphatic rings. The number of hydrogen-bond donors (Lipinski definition) is 2. The molecular formula is C23H23FN6O2. The molecule has 1 unspecified atom stereocenters. The normalized spacial score (nSPS) is 15.9. The van der Waals surface area contributed by atoms with Gasteiger partial charge in [-0.05, 0) is 44.0 Å². The number of para-hydroxylation sites is 1. The Hall–Kier alpha value is -4.06. The number of halogens is 1. The Labute approximate surface area is 184 Å². The van der Waals surface area contributed by atoms with Crippen LogP contribution in [-0.2, 0) is 0 Å². The fourth-order valence-corrected chi connectivity index (χ4v) is 3.97. The standard InChI is InChI=1S/C23H23FN6O2/c1-14-17(24)8-4-10-18(14)32-19-9-3-2-7-16(19)21-20(23(27)31)22(26)30(28-21)15-6-5-11-29(12-15)13-25/h2-4,7-10,15H,5-6,11-12,26H2,1H3,(H2,27,31). The molecule has 1 aliphatic heterocycles. The van der Waals surface area contributed by atoms with Crippen molar-refractivity contribution < 1.29 is 13.9 Å². The number of nitrogens with two attached hydrogens (primary N) is 2. The second kappa shape index (κ2) is 8.59. The first-order chi connectivity index (χ1) is 15.4. The molecule has 0 bridgehead atoms. The van der Waals surface area contributed by atoms with Crippen molar-refractivity contribution in [2.75, 3.05) is 18.8 Å². The summed E-state index contributed by atoms with van der Waals surface area (Å²) in [7, 11) is 0. The molecule has 2 aromatic carbocycles. The lowest BCUT2D eigenvalue weighted by Gasteiger charge is -2.29. The highest BCUT2D eigenvalue weighted by molar-refractivity contribution is 6.03. The van der Waals surface area contributed by atoms with Gasteiger partial charge in [0.05, 0.1) is 12.6 Å². The summed E-state index contributed by atoms with van der Waals surface area (Å²) in [5.41, 5.74) is 13.2. The van der Waals surface area contributed by atoms with Crippen LogP contribution in [0.5, 0.6) is 11.5 Å². The maximum Gasteiger partial charge on any atom is 0.254 e. The topological polar surface area (TPSA) is 123 Å². The molecule has 3 aromatic rings. The van der Waals surface area contributed by atoms with Gasteiger partial charge < -0.3 is 21.1 Å². The van der Waals surface area contributed by atoms with E-state index in [0.717, 1.165) is 12.8 Å². The van der Waals surface area contributed by atoms with Crippen molar-refractivity contribution in [2.24, 2.45) is 5.73 Å². The van der Waals surface area contributed by atoms with Crippen LogP contribution in [0.2, 0.25) is 0 Å². The Morgan fingerprint density at radius 1 is 1.25 bits per heavy atom. The Morgan fingerprint density at radius 3 is 2.75 bits per heavy atom. The Morgan fingerprint density at radius 2 is 2.00 bits per heavy atom. The number of likely N-dealkylation sites (tertiary alicyclic amines) is 1. The predicted octanol–water partition coefficient (Wildman–Crippen LogP) is 3.59. The maximum absolute atomic E-state index is 14.0. The lowest BCUT2D eigenvalue weighted by molar-refractivity contribution is 0.100. The molecule has 32 heavy (non-hydrogen) atoms. The molecule has 2 heterocycles. The van der Waals surface area contributed by atoms with Gasteiger partial charge in [-0.3, -0.25) is 4.79 Å². The van der Waals surface area contributed by atoms with Gasteiger partial charge in [-0.1, -0.05) is 18.2 Å². The van der Waals surface area contributed by atoms with E-state index in [-0.39, 0.29) is 28.9 Å². The fourth-order valence-electron chi connectivity index (χ4n) is 3.97. The summed E-state index contributed by atoms with van der Waals surface area (Å²) in [6.45, 7) is 2.74. The Kier molecular flexibility index (Phi) is 5.69. The van der Waals surface area contributed by atoms with Crippen LogP contribution >= 0.6 is 0 Å². The largest absolute Gasteiger partial charge is 0.456 e. The van der Waals surface area contributed by atoms with Gasteiger partial charge in [0.1, 0.15) is 34.4 Å². The highest BCUT2D eigenvalue weighted by Crippen LogP contribution is 2.38. The maximum atomic E-state index is 14.0. The third kappa shape index (κ3) is 3.83. The van der Waals surface area contributed by atoms with E-state index in [0.29, 0.717) is 35.7 Å². The van der Waals surface area contributed by atoms with Crippen molar-refractivity contribution in [3.8, 4) is 28.9 Å². The van der Waals surface area contributed by atoms with Crippen molar-refractivity contribution in [3.63, 3.8) is 0 Å². The monoisotopic (exact) mass is 434 g/mol. The average molecular weight is 434 g/mol. The summed E-state index contributed by atoms with van der Waals surface area (Å²) < 4.78 is 21.6. The third-order valence-electron chi connectivity index (χ3n) is 5.66. The SMILES string of the molecule is Cc1c(F)cccc1Oc1ccccc1-c1nn(C2CCCN(C#N)C2)c(N)c1C(N)=O. The van der Waals surface area contributed by atoms with Crippen molar-refractivity contribution in [1.29, 1.82) is 5.26 Å². The van der Waals surface area contributed by atoms with Gasteiger partial charge in [0, 0.05) is 17.7 Å². The number of rotatable bonds is 5. The zero-order valence-electron chi connectivity index (χ0n) is 17.6. The number of amides is 1. The van der Waals surface area contributed by atoms with Gasteiger partial charge in [0.25, 0.3) is 5.91 Å². The molecule has 4 N–H and O–H groups in total. The van der Waals surface area contributed by atoms with Gasteiger partial charge >= 0.3 is 0 Å². The minimum absolute atomic E-state index is 0.0890. The van der Waals surface area contributed by atoms with Crippen molar-refractivity contribution in [2.45, 2.75) is 25.8 Å². The van der Waals surface area contributed by atoms with E-state index in [1.165, 1.54) is 6.07 Å². The molecule has 0 aliphatic carbocycles. The minimum atomic E-state index is -0.714. The molecule has 1 amide bonds. The van der Waals surface area contributed by atoms with Gasteiger partial charge in [-0.15, -0.1) is 0 Å². The van der Waals surface area contributed by atoms with Crippen LogP contribution in [0.1, 0.15) is 34.8 Å². The number of benzene rings is 2. The Balaban J connectivity index is 1.80. The van der Waals surface area contributed by atoms with Gasteiger partial charge in [-0.25, -0.2) is 9.07 Å². The van der Waals surface area contributed by atoms with Crippen LogP contribution < -0.4 is 16.2 Å². The number of nitrogen functional groups attached to an aromatic ring is 1. The summed E-state index contributed by atoms with van der Waals surface area (Å²) in [6.07, 6.45) is 3.72. The van der Waals surface area contributed by atoms with E-state index < -0.39 is 5.91 Å². The molecule has 0 radical (unpaired) electrons. The number of hydrogen-bond acceptors (Lipinski definition) is 6. The zero-order valence-corrected chi connectivity index (χ0v) is 17.6. The zero-order chi connectivity index (χ0) is 22.8. The smallest absolute Gasteiger partial charge is 0.254 e. The second-order valence-electron chi connectivity index (χ2n) is 7.72. The van der Waals surface area contributed by atoms with E-state index >= 15 is 0 Å². The molecule has 4 rings (SSSR count). The molecule has 1 atom stereocenters. The van der Waals surface area contributed by atoms with Crippen LogP contribution in [-0.4, -0.2) is 33.7 Å². The van der Waals surface area contributed by atoms with Gasteiger partial charge in [-0.2, -0.15) is 10.4 Å². The molecule has 1 fully saturated rings. The number of piperidine rings is 1. The van der Waals surface area contributed by atoms with Crippen molar-refractivity contribution in [1.82, 2.24) is 14.7 Å². The number of aromatic nitrogens is 2. The molecule has 164 valence electrons.